The predicted molar refractivity (Wildman–Crippen MR) is 98.0 cm³/mol. The Morgan fingerprint density at radius 1 is 1.25 bits per heavy atom. The van der Waals surface area contributed by atoms with E-state index in [1.54, 1.807) is 26.3 Å². The minimum Gasteiger partial charge on any atom is -0.497 e. The molecule has 1 fully saturated rings. The van der Waals surface area contributed by atoms with Crippen LogP contribution in [0.25, 0.3) is 0 Å². The number of carboxylic acids is 1. The number of carboxylic acid groups (broad SMARTS) is 1. The lowest BCUT2D eigenvalue weighted by Crippen LogP contribution is -2.48. The Bertz CT molecular complexity index is 988. The summed E-state index contributed by atoms with van der Waals surface area (Å²) in [4.78, 5) is 44.2. The van der Waals surface area contributed by atoms with Gasteiger partial charge >= 0.3 is 12.0 Å². The van der Waals surface area contributed by atoms with Crippen LogP contribution in [-0.2, 0) is 24.2 Å². The summed E-state index contributed by atoms with van der Waals surface area (Å²) in [5, 5.41) is 9.17. The first-order valence-electron chi connectivity index (χ1n) is 8.79. The Morgan fingerprint density at radius 3 is 2.61 bits per heavy atom. The fraction of sp³-hybridized carbons (Fsp3) is 0.300. The molecule has 1 aromatic heterocycles. The van der Waals surface area contributed by atoms with Crippen molar-refractivity contribution in [1.29, 1.82) is 0 Å². The molecule has 0 radical (unpaired) electrons. The van der Waals surface area contributed by atoms with Crippen LogP contribution < -0.4 is 4.74 Å². The third kappa shape index (κ3) is 2.60. The largest absolute Gasteiger partial charge is 0.497 e. The molecule has 1 atom stereocenters. The minimum atomic E-state index is -1.07. The van der Waals surface area contributed by atoms with Crippen molar-refractivity contribution in [2.24, 2.45) is 0 Å². The van der Waals surface area contributed by atoms with E-state index >= 15 is 0 Å². The Morgan fingerprint density at radius 2 is 1.96 bits per heavy atom. The molecule has 2 aliphatic rings. The van der Waals surface area contributed by atoms with Gasteiger partial charge in [-0.25, -0.2) is 9.59 Å². The number of rotatable bonds is 4. The number of methoxy groups -OCH3 is 1. The van der Waals surface area contributed by atoms with Gasteiger partial charge in [0.15, 0.2) is 0 Å². The zero-order valence-electron chi connectivity index (χ0n) is 15.5. The molecule has 3 amide bonds. The average molecular weight is 381 g/mol. The van der Waals surface area contributed by atoms with Gasteiger partial charge in [0.1, 0.15) is 11.3 Å². The highest BCUT2D eigenvalue weighted by atomic mass is 16.5. The van der Waals surface area contributed by atoms with Crippen LogP contribution in [-0.4, -0.2) is 57.5 Å². The number of fused-ring (bicyclic) bond motifs is 1. The number of benzene rings is 1. The Kier molecular flexibility index (Phi) is 4.06. The topological polar surface area (TPSA) is 100 Å². The molecule has 0 saturated carbocycles. The summed E-state index contributed by atoms with van der Waals surface area (Å²) >= 11 is 0. The maximum Gasteiger partial charge on any atom is 0.337 e. The van der Waals surface area contributed by atoms with Crippen LogP contribution in [0.15, 0.2) is 36.5 Å². The molecule has 1 unspecified atom stereocenters. The quantitative estimate of drug-likeness (QED) is 0.810. The summed E-state index contributed by atoms with van der Waals surface area (Å²) < 4.78 is 5.13. The van der Waals surface area contributed by atoms with E-state index in [9.17, 15) is 19.5 Å². The number of pyridine rings is 1. The SMILES string of the molecule is COc1ccc(CN2C(=O)N(C)C3(Cc4cc(C(=O)O)cnc4C3)C2=O)cc1. The molecule has 144 valence electrons. The van der Waals surface area contributed by atoms with E-state index in [-0.39, 0.29) is 36.9 Å². The third-order valence-electron chi connectivity index (χ3n) is 5.55. The fourth-order valence-corrected chi connectivity index (χ4v) is 3.91. The van der Waals surface area contributed by atoms with E-state index in [0.29, 0.717) is 17.0 Å². The van der Waals surface area contributed by atoms with E-state index in [1.165, 1.54) is 22.1 Å². The van der Waals surface area contributed by atoms with Crippen molar-refractivity contribution in [1.82, 2.24) is 14.8 Å². The van der Waals surface area contributed by atoms with Crippen molar-refractivity contribution in [3.63, 3.8) is 0 Å². The number of hydrogen-bond donors (Lipinski definition) is 1. The summed E-state index contributed by atoms with van der Waals surface area (Å²) in [6, 6.07) is 8.36. The minimum absolute atomic E-state index is 0.0744. The van der Waals surface area contributed by atoms with Crippen molar-refractivity contribution in [3.8, 4) is 5.75 Å². The summed E-state index contributed by atoms with van der Waals surface area (Å²) in [5.41, 5.74) is 1.19. The lowest BCUT2D eigenvalue weighted by atomic mass is 9.94. The van der Waals surface area contributed by atoms with Gasteiger partial charge in [-0.2, -0.15) is 0 Å². The molecule has 8 heteroatoms. The highest BCUT2D eigenvalue weighted by molar-refractivity contribution is 6.07. The number of likely N-dealkylation sites (N-methyl/N-ethyl adjacent to an activating group) is 1. The number of aromatic carboxylic acids is 1. The second-order valence-electron chi connectivity index (χ2n) is 7.10. The molecule has 1 saturated heterocycles. The molecule has 1 aliphatic carbocycles. The standard InChI is InChI=1S/C20H19N3O5/c1-22-19(27)23(11-12-3-5-15(28-2)6-4-12)18(26)20(22)8-13-7-14(17(24)25)10-21-16(13)9-20/h3-7,10H,8-9,11H2,1-2H3,(H,24,25). The molecule has 0 bridgehead atoms. The summed E-state index contributed by atoms with van der Waals surface area (Å²) in [5.74, 6) is -0.659. The van der Waals surface area contributed by atoms with E-state index in [0.717, 1.165) is 5.56 Å². The van der Waals surface area contributed by atoms with Crippen LogP contribution in [0.3, 0.4) is 0 Å². The third-order valence-corrected chi connectivity index (χ3v) is 5.55. The molecule has 1 aromatic carbocycles. The summed E-state index contributed by atoms with van der Waals surface area (Å²) in [6.45, 7) is 0.165. The van der Waals surface area contributed by atoms with Crippen molar-refractivity contribution < 1.29 is 24.2 Å². The second-order valence-corrected chi connectivity index (χ2v) is 7.10. The zero-order valence-corrected chi connectivity index (χ0v) is 15.5. The van der Waals surface area contributed by atoms with Gasteiger partial charge in [0.05, 0.1) is 19.2 Å². The number of hydrogen-bond acceptors (Lipinski definition) is 5. The number of aromatic nitrogens is 1. The van der Waals surface area contributed by atoms with Crippen LogP contribution in [0.1, 0.15) is 27.2 Å². The number of ether oxygens (including phenoxy) is 1. The molecule has 2 heterocycles. The number of nitrogens with zero attached hydrogens (tertiary/aromatic N) is 3. The molecule has 2 aromatic rings. The first kappa shape index (κ1) is 18.0. The highest BCUT2D eigenvalue weighted by Crippen LogP contribution is 2.40. The first-order valence-corrected chi connectivity index (χ1v) is 8.79. The Hall–Kier alpha value is -3.42. The van der Waals surface area contributed by atoms with Gasteiger partial charge in [-0.3, -0.25) is 14.7 Å². The van der Waals surface area contributed by atoms with E-state index in [4.69, 9.17) is 4.74 Å². The lowest BCUT2D eigenvalue weighted by molar-refractivity contribution is -0.133. The lowest BCUT2D eigenvalue weighted by Gasteiger charge is -2.27. The van der Waals surface area contributed by atoms with E-state index in [2.05, 4.69) is 4.98 Å². The molecule has 8 nitrogen and oxygen atoms in total. The van der Waals surface area contributed by atoms with Gasteiger partial charge in [0, 0.05) is 31.8 Å². The number of urea groups is 1. The molecular weight excluding hydrogens is 362 g/mol. The number of carbonyl (C=O) groups is 3. The van der Waals surface area contributed by atoms with Crippen LogP contribution >= 0.6 is 0 Å². The van der Waals surface area contributed by atoms with Gasteiger partial charge in [-0.15, -0.1) is 0 Å². The van der Waals surface area contributed by atoms with Gasteiger partial charge in [0.25, 0.3) is 5.91 Å². The van der Waals surface area contributed by atoms with Gasteiger partial charge in [0.2, 0.25) is 0 Å². The van der Waals surface area contributed by atoms with Crippen molar-refractivity contribution in [3.05, 3.63) is 58.9 Å². The molecule has 4 rings (SSSR count). The Balaban J connectivity index is 1.61. The van der Waals surface area contributed by atoms with Crippen LogP contribution in [0.4, 0.5) is 4.79 Å². The molecular formula is C20H19N3O5. The summed E-state index contributed by atoms with van der Waals surface area (Å²) in [7, 11) is 3.18. The fourth-order valence-electron chi connectivity index (χ4n) is 3.91. The second kappa shape index (κ2) is 6.33. The van der Waals surface area contributed by atoms with Crippen molar-refractivity contribution in [2.45, 2.75) is 24.9 Å². The molecule has 1 N–H and O–H groups in total. The van der Waals surface area contributed by atoms with Gasteiger partial charge in [-0.05, 0) is 29.3 Å². The average Bonchev–Trinajstić information content (AvgIpc) is 3.16. The van der Waals surface area contributed by atoms with E-state index in [1.807, 2.05) is 12.1 Å². The molecule has 1 spiro atoms. The highest BCUT2D eigenvalue weighted by Gasteiger charge is 2.58. The number of carbonyl (C=O) groups excluding carboxylic acids is 2. The maximum atomic E-state index is 13.3. The molecule has 28 heavy (non-hydrogen) atoms. The zero-order chi connectivity index (χ0) is 20.1. The predicted octanol–water partition coefficient (Wildman–Crippen LogP) is 1.72. The van der Waals surface area contributed by atoms with Gasteiger partial charge < -0.3 is 14.7 Å². The van der Waals surface area contributed by atoms with Crippen LogP contribution in [0.2, 0.25) is 0 Å². The first-order chi connectivity index (χ1) is 13.4. The monoisotopic (exact) mass is 381 g/mol. The summed E-state index contributed by atoms with van der Waals surface area (Å²) in [6.07, 6.45) is 1.83. The van der Waals surface area contributed by atoms with Gasteiger partial charge in [-0.1, -0.05) is 12.1 Å². The van der Waals surface area contributed by atoms with Crippen molar-refractivity contribution in [2.75, 3.05) is 14.2 Å². The molecule has 1 aliphatic heterocycles. The van der Waals surface area contributed by atoms with Crippen LogP contribution in [0, 0.1) is 0 Å². The van der Waals surface area contributed by atoms with Crippen molar-refractivity contribution >= 4 is 17.9 Å². The van der Waals surface area contributed by atoms with E-state index < -0.39 is 11.5 Å². The Labute approximate surface area is 161 Å². The number of amides is 3. The van der Waals surface area contributed by atoms with Crippen LogP contribution in [0.5, 0.6) is 5.75 Å². The normalized spacial score (nSPS) is 20.8. The maximum absolute atomic E-state index is 13.3. The number of imide groups is 1. The smallest absolute Gasteiger partial charge is 0.337 e.